The second-order valence-corrected chi connectivity index (χ2v) is 4.79. The number of aromatic nitrogens is 1. The number of aliphatic hydroxyl groups excluding tert-OH is 1. The minimum Gasteiger partial charge on any atom is -0.384 e. The van der Waals surface area contributed by atoms with Gasteiger partial charge in [-0.15, -0.1) is 11.8 Å². The van der Waals surface area contributed by atoms with Crippen molar-refractivity contribution in [1.29, 1.82) is 0 Å². The van der Waals surface area contributed by atoms with Gasteiger partial charge >= 0.3 is 0 Å². The van der Waals surface area contributed by atoms with Gasteiger partial charge in [-0.3, -0.25) is 4.98 Å². The van der Waals surface area contributed by atoms with Gasteiger partial charge in [0.15, 0.2) is 0 Å². The number of rotatable bonds is 3. The summed E-state index contributed by atoms with van der Waals surface area (Å²) in [7, 11) is 0. The van der Waals surface area contributed by atoms with Gasteiger partial charge in [0.1, 0.15) is 6.10 Å². The summed E-state index contributed by atoms with van der Waals surface area (Å²) in [5.74, 6) is 0. The molecule has 0 amide bonds. The van der Waals surface area contributed by atoms with Crippen LogP contribution < -0.4 is 0 Å². The van der Waals surface area contributed by atoms with Crippen molar-refractivity contribution >= 4 is 11.8 Å². The van der Waals surface area contributed by atoms with Gasteiger partial charge in [0.25, 0.3) is 0 Å². The second-order valence-electron chi connectivity index (χ2n) is 3.91. The van der Waals surface area contributed by atoms with E-state index >= 15 is 0 Å². The van der Waals surface area contributed by atoms with Gasteiger partial charge in [0.05, 0.1) is 0 Å². The molecule has 1 N–H and O–H groups in total. The highest BCUT2D eigenvalue weighted by atomic mass is 32.2. The number of pyridine rings is 1. The maximum atomic E-state index is 10.3. The Hall–Kier alpha value is -1.32. The van der Waals surface area contributed by atoms with Crippen LogP contribution in [0.2, 0.25) is 0 Å². The minimum atomic E-state index is -0.598. The first kappa shape index (κ1) is 12.1. The van der Waals surface area contributed by atoms with Crippen molar-refractivity contribution < 1.29 is 5.11 Å². The Kier molecular flexibility index (Phi) is 3.82. The van der Waals surface area contributed by atoms with Gasteiger partial charge in [-0.05, 0) is 42.5 Å². The predicted octanol–water partition coefficient (Wildman–Crippen LogP) is 3.19. The van der Waals surface area contributed by atoms with E-state index in [0.717, 1.165) is 16.7 Å². The van der Waals surface area contributed by atoms with Crippen molar-refractivity contribution in [2.45, 2.75) is 17.9 Å². The number of aliphatic hydroxyl groups is 1. The molecule has 0 saturated carbocycles. The molecule has 1 aromatic heterocycles. The van der Waals surface area contributed by atoms with E-state index in [1.165, 1.54) is 4.90 Å². The lowest BCUT2D eigenvalue weighted by molar-refractivity contribution is 0.219. The van der Waals surface area contributed by atoms with Crippen molar-refractivity contribution in [3.8, 4) is 0 Å². The van der Waals surface area contributed by atoms with E-state index in [9.17, 15) is 5.11 Å². The Morgan fingerprint density at radius 3 is 2.47 bits per heavy atom. The molecule has 0 saturated heterocycles. The van der Waals surface area contributed by atoms with E-state index in [1.54, 1.807) is 24.2 Å². The summed E-state index contributed by atoms with van der Waals surface area (Å²) < 4.78 is 0. The molecule has 0 radical (unpaired) electrons. The largest absolute Gasteiger partial charge is 0.384 e. The fourth-order valence-electron chi connectivity index (χ4n) is 1.73. The van der Waals surface area contributed by atoms with E-state index in [2.05, 4.69) is 4.98 Å². The zero-order chi connectivity index (χ0) is 12.3. The molecular formula is C14H15NOS. The standard InChI is InChI=1S/C14H15NOS/c1-10-7-8-15-9-13(10)14(16)11-3-5-12(17-2)6-4-11/h3-9,14,16H,1-2H3. The van der Waals surface area contributed by atoms with Gasteiger partial charge in [-0.1, -0.05) is 12.1 Å². The van der Waals surface area contributed by atoms with Crippen molar-refractivity contribution in [2.24, 2.45) is 0 Å². The fraction of sp³-hybridized carbons (Fsp3) is 0.214. The van der Waals surface area contributed by atoms with Gasteiger partial charge in [-0.25, -0.2) is 0 Å². The molecule has 1 atom stereocenters. The first-order chi connectivity index (χ1) is 8.22. The first-order valence-electron chi connectivity index (χ1n) is 5.45. The van der Waals surface area contributed by atoms with Crippen LogP contribution in [0.25, 0.3) is 0 Å². The quantitative estimate of drug-likeness (QED) is 0.843. The Balaban J connectivity index is 2.30. The third-order valence-electron chi connectivity index (χ3n) is 2.81. The number of thioether (sulfide) groups is 1. The summed E-state index contributed by atoms with van der Waals surface area (Å²) in [5, 5.41) is 10.3. The molecular weight excluding hydrogens is 230 g/mol. The van der Waals surface area contributed by atoms with Crippen LogP contribution in [0.15, 0.2) is 47.6 Å². The molecule has 0 bridgehead atoms. The van der Waals surface area contributed by atoms with Crippen molar-refractivity contribution in [3.63, 3.8) is 0 Å². The molecule has 17 heavy (non-hydrogen) atoms. The highest BCUT2D eigenvalue weighted by Crippen LogP contribution is 2.25. The maximum Gasteiger partial charge on any atom is 0.106 e. The molecule has 0 aliphatic rings. The third-order valence-corrected chi connectivity index (χ3v) is 3.55. The molecule has 0 fully saturated rings. The van der Waals surface area contributed by atoms with E-state index in [-0.39, 0.29) is 0 Å². The van der Waals surface area contributed by atoms with Crippen LogP contribution in [0.3, 0.4) is 0 Å². The van der Waals surface area contributed by atoms with Crippen LogP contribution in [-0.2, 0) is 0 Å². The average Bonchev–Trinajstić information content (AvgIpc) is 2.39. The summed E-state index contributed by atoms with van der Waals surface area (Å²) in [6, 6.07) is 9.88. The summed E-state index contributed by atoms with van der Waals surface area (Å²) in [5.41, 5.74) is 2.82. The lowest BCUT2D eigenvalue weighted by Crippen LogP contribution is -2.02. The molecule has 1 heterocycles. The summed E-state index contributed by atoms with van der Waals surface area (Å²) in [4.78, 5) is 5.26. The average molecular weight is 245 g/mol. The van der Waals surface area contributed by atoms with Crippen molar-refractivity contribution in [1.82, 2.24) is 4.98 Å². The minimum absolute atomic E-state index is 0.598. The molecule has 2 rings (SSSR count). The van der Waals surface area contributed by atoms with Crippen LogP contribution in [0, 0.1) is 6.92 Å². The SMILES string of the molecule is CSc1ccc(C(O)c2cnccc2C)cc1. The highest BCUT2D eigenvalue weighted by Gasteiger charge is 2.12. The number of nitrogens with zero attached hydrogens (tertiary/aromatic N) is 1. The Labute approximate surface area is 106 Å². The summed E-state index contributed by atoms with van der Waals surface area (Å²) in [6.07, 6.45) is 4.90. The molecule has 1 unspecified atom stereocenters. The molecule has 88 valence electrons. The van der Waals surface area contributed by atoms with E-state index < -0.39 is 6.10 Å². The van der Waals surface area contributed by atoms with Gasteiger partial charge in [0.2, 0.25) is 0 Å². The maximum absolute atomic E-state index is 10.3. The lowest BCUT2D eigenvalue weighted by Gasteiger charge is -2.13. The van der Waals surface area contributed by atoms with Gasteiger partial charge < -0.3 is 5.11 Å². The zero-order valence-electron chi connectivity index (χ0n) is 9.92. The molecule has 0 aliphatic carbocycles. The number of hydrogen-bond donors (Lipinski definition) is 1. The third kappa shape index (κ3) is 2.68. The molecule has 0 spiro atoms. The van der Waals surface area contributed by atoms with Crippen LogP contribution in [-0.4, -0.2) is 16.3 Å². The molecule has 0 aliphatic heterocycles. The van der Waals surface area contributed by atoms with Crippen LogP contribution in [0.5, 0.6) is 0 Å². The topological polar surface area (TPSA) is 33.1 Å². The van der Waals surface area contributed by atoms with E-state index in [4.69, 9.17) is 0 Å². The smallest absolute Gasteiger partial charge is 0.106 e. The number of benzene rings is 1. The summed E-state index contributed by atoms with van der Waals surface area (Å²) >= 11 is 1.69. The van der Waals surface area contributed by atoms with E-state index in [0.29, 0.717) is 0 Å². The Morgan fingerprint density at radius 2 is 1.88 bits per heavy atom. The first-order valence-corrected chi connectivity index (χ1v) is 6.67. The Bertz CT molecular complexity index is 496. The van der Waals surface area contributed by atoms with Crippen LogP contribution >= 0.6 is 11.8 Å². The van der Waals surface area contributed by atoms with Gasteiger partial charge in [-0.2, -0.15) is 0 Å². The number of aryl methyl sites for hydroxylation is 1. The Morgan fingerprint density at radius 1 is 1.18 bits per heavy atom. The van der Waals surface area contributed by atoms with Crippen molar-refractivity contribution in [2.75, 3.05) is 6.26 Å². The monoisotopic (exact) mass is 245 g/mol. The molecule has 1 aromatic carbocycles. The van der Waals surface area contributed by atoms with Crippen molar-refractivity contribution in [3.05, 3.63) is 59.4 Å². The predicted molar refractivity (Wildman–Crippen MR) is 71.3 cm³/mol. The van der Waals surface area contributed by atoms with Crippen LogP contribution in [0.1, 0.15) is 22.8 Å². The number of hydrogen-bond acceptors (Lipinski definition) is 3. The fourth-order valence-corrected chi connectivity index (χ4v) is 2.14. The second kappa shape index (κ2) is 5.34. The lowest BCUT2D eigenvalue weighted by atomic mass is 10.00. The molecule has 3 heteroatoms. The summed E-state index contributed by atoms with van der Waals surface area (Å²) in [6.45, 7) is 1.98. The normalized spacial score (nSPS) is 12.4. The molecule has 2 nitrogen and oxygen atoms in total. The highest BCUT2D eigenvalue weighted by molar-refractivity contribution is 7.98. The van der Waals surface area contributed by atoms with E-state index in [1.807, 2.05) is 43.5 Å². The van der Waals surface area contributed by atoms with Gasteiger partial charge in [0, 0.05) is 22.9 Å². The zero-order valence-corrected chi connectivity index (χ0v) is 10.7. The molecule has 2 aromatic rings. The van der Waals surface area contributed by atoms with Crippen LogP contribution in [0.4, 0.5) is 0 Å².